The molecular weight excluding hydrogens is 238 g/mol. The van der Waals surface area contributed by atoms with E-state index in [0.717, 1.165) is 5.69 Å². The van der Waals surface area contributed by atoms with Crippen molar-refractivity contribution in [1.82, 2.24) is 10.3 Å². The average Bonchev–Trinajstić information content (AvgIpc) is 2.82. The zero-order chi connectivity index (χ0) is 12.3. The number of nitrogens with one attached hydrogen (secondary N) is 2. The van der Waals surface area contributed by atoms with Crippen molar-refractivity contribution >= 4 is 23.2 Å². The Morgan fingerprint density at radius 2 is 2.24 bits per heavy atom. The van der Waals surface area contributed by atoms with Gasteiger partial charge in [-0.05, 0) is 30.3 Å². The summed E-state index contributed by atoms with van der Waals surface area (Å²) in [6, 6.07) is 8.59. The molecule has 4 nitrogen and oxygen atoms in total. The van der Waals surface area contributed by atoms with Gasteiger partial charge in [-0.25, -0.2) is 0 Å². The summed E-state index contributed by atoms with van der Waals surface area (Å²) in [6.07, 6.45) is 1.81. The first-order valence-corrected chi connectivity index (χ1v) is 5.50. The molecule has 88 valence electrons. The van der Waals surface area contributed by atoms with Gasteiger partial charge in [0.2, 0.25) is 0 Å². The number of hydrogen-bond donors (Lipinski definition) is 3. The largest absolute Gasteiger partial charge is 0.398 e. The van der Waals surface area contributed by atoms with Crippen molar-refractivity contribution < 1.29 is 4.79 Å². The minimum atomic E-state index is -0.178. The Morgan fingerprint density at radius 3 is 2.88 bits per heavy atom. The second-order valence-electron chi connectivity index (χ2n) is 3.61. The third kappa shape index (κ3) is 2.79. The summed E-state index contributed by atoms with van der Waals surface area (Å²) < 4.78 is 0. The SMILES string of the molecule is Nc1cc(C(=O)NCc2ccc[nH]2)ccc1Cl. The molecule has 0 fully saturated rings. The standard InChI is InChI=1S/C12H12ClN3O/c13-10-4-3-8(6-11(10)14)12(17)16-7-9-2-1-5-15-9/h1-6,15H,7,14H2,(H,16,17). The number of carbonyl (C=O) groups is 1. The van der Waals surface area contributed by atoms with Crippen LogP contribution in [0.5, 0.6) is 0 Å². The Morgan fingerprint density at radius 1 is 1.41 bits per heavy atom. The van der Waals surface area contributed by atoms with Crippen LogP contribution in [-0.4, -0.2) is 10.9 Å². The number of H-pyrrole nitrogens is 1. The number of aromatic nitrogens is 1. The smallest absolute Gasteiger partial charge is 0.251 e. The Kier molecular flexibility index (Phi) is 3.35. The van der Waals surface area contributed by atoms with Gasteiger partial charge >= 0.3 is 0 Å². The Balaban J connectivity index is 2.02. The monoisotopic (exact) mass is 249 g/mol. The minimum Gasteiger partial charge on any atom is -0.398 e. The first kappa shape index (κ1) is 11.5. The quantitative estimate of drug-likeness (QED) is 0.730. The number of rotatable bonds is 3. The van der Waals surface area contributed by atoms with Gasteiger partial charge in [-0.2, -0.15) is 0 Å². The van der Waals surface area contributed by atoms with Crippen LogP contribution in [0.15, 0.2) is 36.5 Å². The number of aromatic amines is 1. The Labute approximate surface area is 104 Å². The Hall–Kier alpha value is -1.94. The summed E-state index contributed by atoms with van der Waals surface area (Å²) in [5.41, 5.74) is 7.48. The summed E-state index contributed by atoms with van der Waals surface area (Å²) in [4.78, 5) is 14.8. The fourth-order valence-electron chi connectivity index (χ4n) is 1.44. The van der Waals surface area contributed by atoms with Crippen LogP contribution >= 0.6 is 11.6 Å². The third-order valence-corrected chi connectivity index (χ3v) is 2.70. The van der Waals surface area contributed by atoms with Crippen LogP contribution in [0, 0.1) is 0 Å². The van der Waals surface area contributed by atoms with Crippen molar-refractivity contribution in [2.45, 2.75) is 6.54 Å². The van der Waals surface area contributed by atoms with E-state index in [-0.39, 0.29) is 5.91 Å². The lowest BCUT2D eigenvalue weighted by molar-refractivity contribution is 0.0950. The van der Waals surface area contributed by atoms with Gasteiger partial charge in [0, 0.05) is 17.5 Å². The number of nitrogen functional groups attached to an aromatic ring is 1. The van der Waals surface area contributed by atoms with Crippen LogP contribution in [0.3, 0.4) is 0 Å². The highest BCUT2D eigenvalue weighted by Crippen LogP contribution is 2.19. The number of nitrogens with two attached hydrogens (primary N) is 1. The molecule has 1 heterocycles. The van der Waals surface area contributed by atoms with Crippen LogP contribution in [0.25, 0.3) is 0 Å². The summed E-state index contributed by atoms with van der Waals surface area (Å²) in [6.45, 7) is 0.453. The van der Waals surface area contributed by atoms with Crippen molar-refractivity contribution in [3.8, 4) is 0 Å². The molecule has 1 aromatic heterocycles. The molecule has 1 amide bonds. The fraction of sp³-hybridized carbons (Fsp3) is 0.0833. The van der Waals surface area contributed by atoms with E-state index >= 15 is 0 Å². The van der Waals surface area contributed by atoms with Crippen LogP contribution in [0.1, 0.15) is 16.1 Å². The number of hydrogen-bond acceptors (Lipinski definition) is 2. The van der Waals surface area contributed by atoms with E-state index in [2.05, 4.69) is 10.3 Å². The van der Waals surface area contributed by atoms with E-state index < -0.39 is 0 Å². The topological polar surface area (TPSA) is 70.9 Å². The predicted octanol–water partition coefficient (Wildman–Crippen LogP) is 2.18. The van der Waals surface area contributed by atoms with Crippen molar-refractivity contribution in [2.75, 3.05) is 5.73 Å². The van der Waals surface area contributed by atoms with Gasteiger partial charge in [-0.1, -0.05) is 11.6 Å². The van der Waals surface area contributed by atoms with Gasteiger partial charge in [0.05, 0.1) is 17.3 Å². The predicted molar refractivity (Wildman–Crippen MR) is 67.8 cm³/mol. The Bertz CT molecular complexity index is 523. The molecule has 0 atom stereocenters. The van der Waals surface area contributed by atoms with Crippen molar-refractivity contribution in [3.63, 3.8) is 0 Å². The molecule has 4 N–H and O–H groups in total. The lowest BCUT2D eigenvalue weighted by Crippen LogP contribution is -2.23. The molecule has 17 heavy (non-hydrogen) atoms. The average molecular weight is 250 g/mol. The zero-order valence-electron chi connectivity index (χ0n) is 9.03. The van der Waals surface area contributed by atoms with Crippen LogP contribution < -0.4 is 11.1 Å². The highest BCUT2D eigenvalue weighted by molar-refractivity contribution is 6.33. The molecule has 0 saturated heterocycles. The molecular formula is C12H12ClN3O. The lowest BCUT2D eigenvalue weighted by atomic mass is 10.2. The second kappa shape index (κ2) is 4.93. The van der Waals surface area contributed by atoms with Crippen LogP contribution in [0.2, 0.25) is 5.02 Å². The first-order chi connectivity index (χ1) is 8.16. The maximum absolute atomic E-state index is 11.8. The number of anilines is 1. The van der Waals surface area contributed by atoms with Gasteiger partial charge < -0.3 is 16.0 Å². The van der Waals surface area contributed by atoms with Crippen molar-refractivity contribution in [3.05, 3.63) is 52.8 Å². The summed E-state index contributed by atoms with van der Waals surface area (Å²) >= 11 is 5.78. The van der Waals surface area contributed by atoms with Gasteiger partial charge in [-0.3, -0.25) is 4.79 Å². The molecule has 0 saturated carbocycles. The van der Waals surface area contributed by atoms with Crippen LogP contribution in [-0.2, 0) is 6.54 Å². The highest BCUT2D eigenvalue weighted by Gasteiger charge is 2.07. The van der Waals surface area contributed by atoms with Gasteiger partial charge in [0.15, 0.2) is 0 Å². The van der Waals surface area contributed by atoms with E-state index in [1.165, 1.54) is 0 Å². The molecule has 5 heteroatoms. The van der Waals surface area contributed by atoms with E-state index in [4.69, 9.17) is 17.3 Å². The van der Waals surface area contributed by atoms with E-state index in [0.29, 0.717) is 22.8 Å². The highest BCUT2D eigenvalue weighted by atomic mass is 35.5. The molecule has 0 unspecified atom stereocenters. The first-order valence-electron chi connectivity index (χ1n) is 5.12. The van der Waals surface area contributed by atoms with Crippen molar-refractivity contribution in [2.24, 2.45) is 0 Å². The molecule has 0 bridgehead atoms. The minimum absolute atomic E-state index is 0.178. The van der Waals surface area contributed by atoms with E-state index in [1.807, 2.05) is 18.3 Å². The van der Waals surface area contributed by atoms with E-state index in [1.54, 1.807) is 18.2 Å². The normalized spacial score (nSPS) is 10.2. The van der Waals surface area contributed by atoms with Crippen LogP contribution in [0.4, 0.5) is 5.69 Å². The number of halogens is 1. The molecule has 0 aliphatic carbocycles. The zero-order valence-corrected chi connectivity index (χ0v) is 9.79. The summed E-state index contributed by atoms with van der Waals surface area (Å²) in [5, 5.41) is 3.23. The van der Waals surface area contributed by atoms with Gasteiger partial charge in [-0.15, -0.1) is 0 Å². The summed E-state index contributed by atoms with van der Waals surface area (Å²) in [7, 11) is 0. The molecule has 0 aliphatic rings. The number of amides is 1. The van der Waals surface area contributed by atoms with Gasteiger partial charge in [0.1, 0.15) is 0 Å². The lowest BCUT2D eigenvalue weighted by Gasteiger charge is -2.05. The van der Waals surface area contributed by atoms with E-state index in [9.17, 15) is 4.79 Å². The molecule has 0 aliphatic heterocycles. The summed E-state index contributed by atoms with van der Waals surface area (Å²) in [5.74, 6) is -0.178. The number of benzene rings is 1. The fourth-order valence-corrected chi connectivity index (χ4v) is 1.56. The molecule has 0 spiro atoms. The third-order valence-electron chi connectivity index (χ3n) is 2.36. The molecule has 2 aromatic rings. The second-order valence-corrected chi connectivity index (χ2v) is 4.02. The molecule has 1 aromatic carbocycles. The molecule has 2 rings (SSSR count). The molecule has 0 radical (unpaired) electrons. The van der Waals surface area contributed by atoms with Crippen molar-refractivity contribution in [1.29, 1.82) is 0 Å². The number of carbonyl (C=O) groups excluding carboxylic acids is 1. The van der Waals surface area contributed by atoms with Gasteiger partial charge in [0.25, 0.3) is 5.91 Å². The maximum Gasteiger partial charge on any atom is 0.251 e. The maximum atomic E-state index is 11.8.